The molecule has 0 saturated carbocycles. The normalized spacial score (nSPS) is 13.3. The van der Waals surface area contributed by atoms with Gasteiger partial charge >= 0.3 is 5.97 Å². The van der Waals surface area contributed by atoms with Gasteiger partial charge in [-0.05, 0) is 11.6 Å². The van der Waals surface area contributed by atoms with Crippen LogP contribution in [0.2, 0.25) is 0 Å². The molecule has 0 aliphatic carbocycles. The van der Waals surface area contributed by atoms with Gasteiger partial charge in [-0.25, -0.2) is 4.39 Å². The highest BCUT2D eigenvalue weighted by molar-refractivity contribution is 5.77. The van der Waals surface area contributed by atoms with Gasteiger partial charge in [-0.15, -0.1) is 0 Å². The smallest absolute Gasteiger partial charge is 0.323 e. The Balaban J connectivity index is 3.11. The first kappa shape index (κ1) is 12.6. The highest BCUT2D eigenvalue weighted by atomic mass is 19.1. The zero-order chi connectivity index (χ0) is 12.3. The van der Waals surface area contributed by atoms with Crippen LogP contribution in [0.25, 0.3) is 0 Å². The molecule has 0 aromatic heterocycles. The van der Waals surface area contributed by atoms with E-state index in [4.69, 9.17) is 5.73 Å². The quantitative estimate of drug-likeness (QED) is 0.795. The van der Waals surface area contributed by atoms with Crippen molar-refractivity contribution in [1.29, 1.82) is 0 Å². The van der Waals surface area contributed by atoms with Crippen LogP contribution in [0.15, 0.2) is 24.3 Å². The van der Waals surface area contributed by atoms with Crippen molar-refractivity contribution in [3.8, 4) is 0 Å². The first-order valence-electron chi connectivity index (χ1n) is 4.99. The van der Waals surface area contributed by atoms with Crippen molar-refractivity contribution < 1.29 is 13.9 Å². The molecule has 16 heavy (non-hydrogen) atoms. The topological polar surface area (TPSA) is 52.3 Å². The second-order valence-corrected chi connectivity index (χ2v) is 4.20. The minimum atomic E-state index is -0.894. The van der Waals surface area contributed by atoms with Gasteiger partial charge < -0.3 is 10.5 Å². The third kappa shape index (κ3) is 2.22. The second-order valence-electron chi connectivity index (χ2n) is 4.20. The molecule has 1 rings (SSSR count). The molecule has 1 unspecified atom stereocenters. The lowest BCUT2D eigenvalue weighted by Gasteiger charge is -2.30. The summed E-state index contributed by atoms with van der Waals surface area (Å²) in [5.41, 5.74) is 5.37. The fraction of sp³-hybridized carbons (Fsp3) is 0.417. The van der Waals surface area contributed by atoms with Crippen molar-refractivity contribution in [1.82, 2.24) is 0 Å². The lowest BCUT2D eigenvalue weighted by atomic mass is 9.78. The number of ether oxygens (including phenoxy) is 1. The van der Waals surface area contributed by atoms with Crippen molar-refractivity contribution in [3.05, 3.63) is 35.6 Å². The molecule has 1 aromatic carbocycles. The molecule has 0 aliphatic heterocycles. The van der Waals surface area contributed by atoms with Crippen molar-refractivity contribution in [2.75, 3.05) is 7.11 Å². The molecule has 0 bridgehead atoms. The molecule has 2 N–H and O–H groups in total. The summed E-state index contributed by atoms with van der Waals surface area (Å²) in [6.07, 6.45) is 0. The predicted octanol–water partition coefficient (Wildman–Crippen LogP) is 1.60. The van der Waals surface area contributed by atoms with Gasteiger partial charge in [-0.3, -0.25) is 4.79 Å². The maximum Gasteiger partial charge on any atom is 0.323 e. The number of rotatable bonds is 3. The predicted molar refractivity (Wildman–Crippen MR) is 59.4 cm³/mol. The van der Waals surface area contributed by atoms with Crippen molar-refractivity contribution >= 4 is 5.97 Å². The Labute approximate surface area is 94.4 Å². The molecule has 4 heteroatoms. The molecular weight excluding hydrogens is 209 g/mol. The van der Waals surface area contributed by atoms with Crippen molar-refractivity contribution in [3.63, 3.8) is 0 Å². The minimum Gasteiger partial charge on any atom is -0.468 e. The van der Waals surface area contributed by atoms with Gasteiger partial charge in [0.1, 0.15) is 11.9 Å². The summed E-state index contributed by atoms with van der Waals surface area (Å²) in [7, 11) is 1.26. The maximum atomic E-state index is 13.6. The van der Waals surface area contributed by atoms with E-state index >= 15 is 0 Å². The maximum absolute atomic E-state index is 13.6. The molecule has 0 heterocycles. The molecule has 0 aliphatic rings. The van der Waals surface area contributed by atoms with E-state index in [-0.39, 0.29) is 5.82 Å². The van der Waals surface area contributed by atoms with Crippen LogP contribution in [-0.4, -0.2) is 19.1 Å². The summed E-state index contributed by atoms with van der Waals surface area (Å²) >= 11 is 0. The molecule has 0 radical (unpaired) electrons. The Hall–Kier alpha value is -1.42. The summed E-state index contributed by atoms with van der Waals surface area (Å²) in [6, 6.07) is 5.39. The van der Waals surface area contributed by atoms with Gasteiger partial charge in [0.05, 0.1) is 7.11 Å². The number of nitrogens with two attached hydrogens (primary N) is 1. The fourth-order valence-electron chi connectivity index (χ4n) is 1.57. The molecule has 3 nitrogen and oxygen atoms in total. The molecule has 0 amide bonds. The Morgan fingerprint density at radius 3 is 2.50 bits per heavy atom. The Morgan fingerprint density at radius 2 is 2.00 bits per heavy atom. The monoisotopic (exact) mass is 225 g/mol. The van der Waals surface area contributed by atoms with Crippen LogP contribution < -0.4 is 5.73 Å². The molecule has 1 atom stereocenters. The summed E-state index contributed by atoms with van der Waals surface area (Å²) < 4.78 is 18.2. The molecular formula is C12H16FNO2. The number of hydrogen-bond donors (Lipinski definition) is 1. The second kappa shape index (κ2) is 4.61. The number of carbonyl (C=O) groups excluding carboxylic acids is 1. The largest absolute Gasteiger partial charge is 0.468 e. The van der Waals surface area contributed by atoms with Gasteiger partial charge in [0.15, 0.2) is 0 Å². The van der Waals surface area contributed by atoms with E-state index in [1.54, 1.807) is 32.0 Å². The Kier molecular flexibility index (Phi) is 3.65. The third-order valence-corrected chi connectivity index (χ3v) is 2.80. The summed E-state index contributed by atoms with van der Waals surface area (Å²) in [6.45, 7) is 3.43. The molecule has 0 spiro atoms. The summed E-state index contributed by atoms with van der Waals surface area (Å²) in [5.74, 6) is -0.917. The van der Waals surface area contributed by atoms with E-state index in [1.165, 1.54) is 13.2 Å². The zero-order valence-corrected chi connectivity index (χ0v) is 9.66. The molecule has 0 saturated heterocycles. The van der Waals surface area contributed by atoms with Crippen LogP contribution >= 0.6 is 0 Å². The van der Waals surface area contributed by atoms with E-state index < -0.39 is 17.4 Å². The van der Waals surface area contributed by atoms with Crippen LogP contribution in [-0.2, 0) is 14.9 Å². The van der Waals surface area contributed by atoms with Crippen LogP contribution in [0, 0.1) is 5.82 Å². The van der Waals surface area contributed by atoms with Gasteiger partial charge in [0.25, 0.3) is 0 Å². The standard InChI is InChI=1S/C12H16FNO2/c1-12(2,10(14)11(15)16-3)8-6-4-5-7-9(8)13/h4-7,10H,14H2,1-3H3. The van der Waals surface area contributed by atoms with Crippen molar-refractivity contribution in [2.24, 2.45) is 5.73 Å². The Bertz CT molecular complexity index is 390. The number of carbonyl (C=O) groups is 1. The van der Waals surface area contributed by atoms with Crippen LogP contribution in [0.5, 0.6) is 0 Å². The fourth-order valence-corrected chi connectivity index (χ4v) is 1.57. The van der Waals surface area contributed by atoms with Crippen LogP contribution in [0.4, 0.5) is 4.39 Å². The molecule has 1 aromatic rings. The summed E-state index contributed by atoms with van der Waals surface area (Å²) in [4.78, 5) is 11.4. The van der Waals surface area contributed by atoms with Gasteiger partial charge in [0, 0.05) is 5.41 Å². The number of benzene rings is 1. The average Bonchev–Trinajstić information content (AvgIpc) is 2.27. The van der Waals surface area contributed by atoms with E-state index in [2.05, 4.69) is 4.74 Å². The van der Waals surface area contributed by atoms with Gasteiger partial charge in [0.2, 0.25) is 0 Å². The minimum absolute atomic E-state index is 0.369. The SMILES string of the molecule is COC(=O)C(N)C(C)(C)c1ccccc1F. The van der Waals surface area contributed by atoms with Crippen LogP contribution in [0.3, 0.4) is 0 Å². The lowest BCUT2D eigenvalue weighted by molar-refractivity contribution is -0.143. The number of methoxy groups -OCH3 is 1. The Morgan fingerprint density at radius 1 is 1.44 bits per heavy atom. The van der Waals surface area contributed by atoms with Crippen molar-refractivity contribution in [2.45, 2.75) is 25.3 Å². The third-order valence-electron chi connectivity index (χ3n) is 2.80. The van der Waals surface area contributed by atoms with E-state index in [1.807, 2.05) is 0 Å². The van der Waals surface area contributed by atoms with Gasteiger partial charge in [-0.2, -0.15) is 0 Å². The molecule has 88 valence electrons. The highest BCUT2D eigenvalue weighted by Gasteiger charge is 2.36. The summed E-state index contributed by atoms with van der Waals surface area (Å²) in [5, 5.41) is 0. The first-order valence-corrected chi connectivity index (χ1v) is 4.99. The number of halogens is 1. The van der Waals surface area contributed by atoms with E-state index in [9.17, 15) is 9.18 Å². The number of esters is 1. The first-order chi connectivity index (χ1) is 7.41. The number of hydrogen-bond acceptors (Lipinski definition) is 3. The van der Waals surface area contributed by atoms with Crippen LogP contribution in [0.1, 0.15) is 19.4 Å². The lowest BCUT2D eigenvalue weighted by Crippen LogP contribution is -2.47. The van der Waals surface area contributed by atoms with E-state index in [0.29, 0.717) is 5.56 Å². The van der Waals surface area contributed by atoms with E-state index in [0.717, 1.165) is 0 Å². The average molecular weight is 225 g/mol. The zero-order valence-electron chi connectivity index (χ0n) is 9.66. The van der Waals surface area contributed by atoms with Gasteiger partial charge in [-0.1, -0.05) is 32.0 Å². The molecule has 0 fully saturated rings. The highest BCUT2D eigenvalue weighted by Crippen LogP contribution is 2.28.